The number of hydrogen-bond donors (Lipinski definition) is 0. The van der Waals surface area contributed by atoms with Gasteiger partial charge in [-0.3, -0.25) is 4.90 Å². The average molecular weight is 258 g/mol. The summed E-state index contributed by atoms with van der Waals surface area (Å²) >= 11 is 0. The van der Waals surface area contributed by atoms with Gasteiger partial charge in [0.15, 0.2) is 0 Å². The first kappa shape index (κ1) is 13.8. The van der Waals surface area contributed by atoms with Crippen molar-refractivity contribution in [2.45, 2.75) is 33.2 Å². The van der Waals surface area contributed by atoms with Crippen LogP contribution >= 0.6 is 0 Å². The summed E-state index contributed by atoms with van der Waals surface area (Å²) in [6.45, 7) is 10.6. The molecule has 1 saturated heterocycles. The van der Waals surface area contributed by atoms with E-state index in [0.29, 0.717) is 11.6 Å². The molecule has 1 atom stereocenters. The zero-order chi connectivity index (χ0) is 13.8. The zero-order valence-corrected chi connectivity index (χ0v) is 12.1. The van der Waals surface area contributed by atoms with Gasteiger partial charge in [0.05, 0.1) is 11.6 Å². The fourth-order valence-corrected chi connectivity index (χ4v) is 2.87. The van der Waals surface area contributed by atoms with Gasteiger partial charge in [-0.1, -0.05) is 13.8 Å². The van der Waals surface area contributed by atoms with Gasteiger partial charge in [0.2, 0.25) is 0 Å². The Kier molecular flexibility index (Phi) is 4.39. The summed E-state index contributed by atoms with van der Waals surface area (Å²) in [5.41, 5.74) is 1.62. The number of aryl methyl sites for hydroxylation is 1. The molecular formula is C15H22N4. The van der Waals surface area contributed by atoms with Crippen LogP contribution in [0.4, 0.5) is 5.82 Å². The molecule has 0 radical (unpaired) electrons. The van der Waals surface area contributed by atoms with E-state index in [2.05, 4.69) is 34.7 Å². The highest BCUT2D eigenvalue weighted by atomic mass is 15.3. The lowest BCUT2D eigenvalue weighted by Crippen LogP contribution is -2.37. The Morgan fingerprint density at radius 3 is 2.79 bits per heavy atom. The van der Waals surface area contributed by atoms with Crippen molar-refractivity contribution in [2.75, 3.05) is 31.1 Å². The van der Waals surface area contributed by atoms with Crippen LogP contribution in [0, 0.1) is 18.3 Å². The van der Waals surface area contributed by atoms with E-state index < -0.39 is 0 Å². The second-order valence-corrected chi connectivity index (χ2v) is 5.08. The topological polar surface area (TPSA) is 43.2 Å². The third kappa shape index (κ3) is 3.05. The van der Waals surface area contributed by atoms with Gasteiger partial charge in [-0.25, -0.2) is 4.98 Å². The van der Waals surface area contributed by atoms with E-state index in [1.165, 1.54) is 6.42 Å². The normalized spacial score (nSPS) is 18.9. The second-order valence-electron chi connectivity index (χ2n) is 5.08. The average Bonchev–Trinajstić information content (AvgIpc) is 2.89. The van der Waals surface area contributed by atoms with Crippen LogP contribution in [0.1, 0.15) is 31.5 Å². The van der Waals surface area contributed by atoms with E-state index in [0.717, 1.165) is 37.7 Å². The van der Waals surface area contributed by atoms with Crippen LogP contribution < -0.4 is 4.90 Å². The molecular weight excluding hydrogens is 236 g/mol. The molecule has 0 aliphatic carbocycles. The lowest BCUT2D eigenvalue weighted by Gasteiger charge is -2.26. The Morgan fingerprint density at radius 2 is 2.16 bits per heavy atom. The number of rotatable bonds is 4. The molecule has 2 rings (SSSR count). The molecule has 1 aliphatic heterocycles. The number of pyridine rings is 1. The summed E-state index contributed by atoms with van der Waals surface area (Å²) in [5.74, 6) is 0.950. The van der Waals surface area contributed by atoms with Gasteiger partial charge in [0.25, 0.3) is 0 Å². The maximum absolute atomic E-state index is 9.04. The molecule has 0 amide bonds. The zero-order valence-electron chi connectivity index (χ0n) is 12.1. The minimum Gasteiger partial charge on any atom is -0.355 e. The van der Waals surface area contributed by atoms with Crippen LogP contribution in [0.25, 0.3) is 0 Å². The number of hydrogen-bond acceptors (Lipinski definition) is 4. The van der Waals surface area contributed by atoms with E-state index in [-0.39, 0.29) is 0 Å². The molecule has 0 bridgehead atoms. The number of nitrogens with zero attached hydrogens (tertiary/aromatic N) is 4. The molecule has 1 aliphatic rings. The summed E-state index contributed by atoms with van der Waals surface area (Å²) in [6.07, 6.45) is 1.18. The molecule has 102 valence electrons. The first-order valence-electron chi connectivity index (χ1n) is 7.05. The van der Waals surface area contributed by atoms with Gasteiger partial charge < -0.3 is 4.90 Å². The molecule has 0 aromatic carbocycles. The Morgan fingerprint density at radius 1 is 1.42 bits per heavy atom. The van der Waals surface area contributed by atoms with Crippen molar-refractivity contribution in [1.82, 2.24) is 9.88 Å². The lowest BCUT2D eigenvalue weighted by molar-refractivity contribution is 0.232. The van der Waals surface area contributed by atoms with Gasteiger partial charge >= 0.3 is 0 Å². The van der Waals surface area contributed by atoms with Crippen LogP contribution in [-0.2, 0) is 0 Å². The van der Waals surface area contributed by atoms with Crippen LogP contribution in [-0.4, -0.2) is 42.1 Å². The quantitative estimate of drug-likeness (QED) is 0.830. The minimum atomic E-state index is 0.614. The Labute approximate surface area is 115 Å². The standard InChI is InChI=1S/C15H22N4/c1-4-18(5-2)14-6-7-19(11-14)15-9-13(10-16)8-12(3)17-15/h8-9,14H,4-7,11H2,1-3H3. The minimum absolute atomic E-state index is 0.614. The summed E-state index contributed by atoms with van der Waals surface area (Å²) < 4.78 is 0. The van der Waals surface area contributed by atoms with Crippen LogP contribution in [0.2, 0.25) is 0 Å². The van der Waals surface area contributed by atoms with Gasteiger partial charge in [0, 0.05) is 24.8 Å². The van der Waals surface area contributed by atoms with Crippen LogP contribution in [0.15, 0.2) is 12.1 Å². The summed E-state index contributed by atoms with van der Waals surface area (Å²) in [6, 6.07) is 6.56. The lowest BCUT2D eigenvalue weighted by atomic mass is 10.2. The van der Waals surface area contributed by atoms with E-state index in [4.69, 9.17) is 5.26 Å². The Hall–Kier alpha value is -1.60. The highest BCUT2D eigenvalue weighted by molar-refractivity contribution is 5.47. The molecule has 1 fully saturated rings. The molecule has 1 unspecified atom stereocenters. The molecule has 4 heteroatoms. The highest BCUT2D eigenvalue weighted by Crippen LogP contribution is 2.22. The molecule has 0 N–H and O–H groups in total. The summed E-state index contributed by atoms with van der Waals surface area (Å²) in [5, 5.41) is 9.04. The van der Waals surface area contributed by atoms with Crippen LogP contribution in [0.3, 0.4) is 0 Å². The first-order chi connectivity index (χ1) is 9.17. The number of aromatic nitrogens is 1. The summed E-state index contributed by atoms with van der Waals surface area (Å²) in [7, 11) is 0. The van der Waals surface area contributed by atoms with Crippen molar-refractivity contribution >= 4 is 5.82 Å². The number of anilines is 1. The van der Waals surface area contributed by atoms with Crippen LogP contribution in [0.5, 0.6) is 0 Å². The first-order valence-corrected chi connectivity index (χ1v) is 7.05. The van der Waals surface area contributed by atoms with Crippen molar-refractivity contribution in [3.05, 3.63) is 23.4 Å². The third-order valence-electron chi connectivity index (χ3n) is 3.89. The fraction of sp³-hybridized carbons (Fsp3) is 0.600. The van der Waals surface area contributed by atoms with Crippen molar-refractivity contribution in [3.63, 3.8) is 0 Å². The molecule has 0 saturated carbocycles. The van der Waals surface area contributed by atoms with E-state index >= 15 is 0 Å². The van der Waals surface area contributed by atoms with Crippen molar-refractivity contribution in [2.24, 2.45) is 0 Å². The van der Waals surface area contributed by atoms with Gasteiger partial charge in [-0.05, 0) is 38.6 Å². The van der Waals surface area contributed by atoms with Crippen molar-refractivity contribution in [3.8, 4) is 6.07 Å². The maximum atomic E-state index is 9.04. The smallest absolute Gasteiger partial charge is 0.130 e. The van der Waals surface area contributed by atoms with E-state index in [1.54, 1.807) is 0 Å². The Bertz CT molecular complexity index is 474. The summed E-state index contributed by atoms with van der Waals surface area (Å²) in [4.78, 5) is 9.37. The maximum Gasteiger partial charge on any atom is 0.130 e. The van der Waals surface area contributed by atoms with Crippen molar-refractivity contribution in [1.29, 1.82) is 5.26 Å². The predicted molar refractivity (Wildman–Crippen MR) is 77.2 cm³/mol. The molecule has 4 nitrogen and oxygen atoms in total. The fourth-order valence-electron chi connectivity index (χ4n) is 2.87. The molecule has 19 heavy (non-hydrogen) atoms. The van der Waals surface area contributed by atoms with Gasteiger partial charge in [-0.15, -0.1) is 0 Å². The number of nitriles is 1. The predicted octanol–water partition coefficient (Wildman–Crippen LogP) is 2.18. The van der Waals surface area contributed by atoms with Gasteiger partial charge in [-0.2, -0.15) is 5.26 Å². The van der Waals surface area contributed by atoms with E-state index in [1.807, 2.05) is 19.1 Å². The largest absolute Gasteiger partial charge is 0.355 e. The molecule has 2 heterocycles. The SMILES string of the molecule is CCN(CC)C1CCN(c2cc(C#N)cc(C)n2)C1. The van der Waals surface area contributed by atoms with Crippen molar-refractivity contribution < 1.29 is 0 Å². The van der Waals surface area contributed by atoms with E-state index in [9.17, 15) is 0 Å². The number of likely N-dealkylation sites (N-methyl/N-ethyl adjacent to an activating group) is 1. The third-order valence-corrected chi connectivity index (χ3v) is 3.89. The molecule has 1 aromatic heterocycles. The van der Waals surface area contributed by atoms with Gasteiger partial charge in [0.1, 0.15) is 5.82 Å². The molecule has 0 spiro atoms. The second kappa shape index (κ2) is 6.03. The monoisotopic (exact) mass is 258 g/mol. The Balaban J connectivity index is 2.13. The molecule has 1 aromatic rings. The highest BCUT2D eigenvalue weighted by Gasteiger charge is 2.27.